The molecule has 0 bridgehead atoms. The molecule has 0 aliphatic heterocycles. The molecule has 0 spiro atoms. The average molecular weight is 282 g/mol. The van der Waals surface area contributed by atoms with Crippen LogP contribution in [0, 0.1) is 0 Å². The summed E-state index contributed by atoms with van der Waals surface area (Å²) >= 11 is 3.45. The fourth-order valence-corrected chi connectivity index (χ4v) is 1.83. The number of aromatic nitrogens is 2. The Hall–Kier alpha value is -1.20. The van der Waals surface area contributed by atoms with E-state index in [1.807, 2.05) is 31.2 Å². The first kappa shape index (κ1) is 11.3. The van der Waals surface area contributed by atoms with Crippen LogP contribution < -0.4 is 5.73 Å². The minimum absolute atomic E-state index is 0.0208. The van der Waals surface area contributed by atoms with Crippen LogP contribution in [0.5, 0.6) is 0 Å². The van der Waals surface area contributed by atoms with Crippen molar-refractivity contribution in [2.45, 2.75) is 19.4 Å². The van der Waals surface area contributed by atoms with Crippen LogP contribution in [0.4, 0.5) is 0 Å². The standard InChI is InChI=1S/C11H12BrN3O/c1-7(13)6-10-14-11(15-16-10)8-4-2-3-5-9(8)12/h2-5,7H,6,13H2,1H3. The molecule has 0 fully saturated rings. The Kier molecular flexibility index (Phi) is 3.36. The summed E-state index contributed by atoms with van der Waals surface area (Å²) in [5.41, 5.74) is 6.58. The fourth-order valence-electron chi connectivity index (χ4n) is 1.37. The SMILES string of the molecule is CC(N)Cc1nc(-c2ccccc2Br)no1. The van der Waals surface area contributed by atoms with Crippen LogP contribution in [0.1, 0.15) is 12.8 Å². The summed E-state index contributed by atoms with van der Waals surface area (Å²) in [6.07, 6.45) is 0.595. The lowest BCUT2D eigenvalue weighted by Gasteiger charge is -1.97. The lowest BCUT2D eigenvalue weighted by Crippen LogP contribution is -2.17. The fraction of sp³-hybridized carbons (Fsp3) is 0.273. The van der Waals surface area contributed by atoms with Gasteiger partial charge in [-0.25, -0.2) is 0 Å². The van der Waals surface area contributed by atoms with E-state index in [-0.39, 0.29) is 6.04 Å². The van der Waals surface area contributed by atoms with E-state index in [1.54, 1.807) is 0 Å². The summed E-state index contributed by atoms with van der Waals surface area (Å²) < 4.78 is 6.07. The molecule has 0 saturated carbocycles. The second-order valence-electron chi connectivity index (χ2n) is 3.67. The van der Waals surface area contributed by atoms with Crippen molar-refractivity contribution < 1.29 is 4.52 Å². The van der Waals surface area contributed by atoms with Gasteiger partial charge in [0.15, 0.2) is 0 Å². The van der Waals surface area contributed by atoms with Crippen molar-refractivity contribution in [2.75, 3.05) is 0 Å². The van der Waals surface area contributed by atoms with Gasteiger partial charge in [0.2, 0.25) is 11.7 Å². The van der Waals surface area contributed by atoms with Crippen LogP contribution in [-0.2, 0) is 6.42 Å². The summed E-state index contributed by atoms with van der Waals surface area (Å²) in [5.74, 6) is 1.16. The van der Waals surface area contributed by atoms with Crippen molar-refractivity contribution in [3.8, 4) is 11.4 Å². The van der Waals surface area contributed by atoms with Gasteiger partial charge in [0.05, 0.1) is 0 Å². The van der Waals surface area contributed by atoms with Crippen LogP contribution in [0.15, 0.2) is 33.3 Å². The molecule has 0 aliphatic rings. The number of rotatable bonds is 3. The Balaban J connectivity index is 2.28. The van der Waals surface area contributed by atoms with Gasteiger partial charge < -0.3 is 10.3 Å². The maximum atomic E-state index is 5.67. The molecule has 2 rings (SSSR count). The molecule has 1 aromatic heterocycles. The molecular weight excluding hydrogens is 270 g/mol. The molecule has 0 radical (unpaired) electrons. The second kappa shape index (κ2) is 4.76. The van der Waals surface area contributed by atoms with Gasteiger partial charge >= 0.3 is 0 Å². The van der Waals surface area contributed by atoms with E-state index in [1.165, 1.54) is 0 Å². The van der Waals surface area contributed by atoms with Crippen LogP contribution in [0.25, 0.3) is 11.4 Å². The highest BCUT2D eigenvalue weighted by Gasteiger charge is 2.11. The van der Waals surface area contributed by atoms with Gasteiger partial charge in [0, 0.05) is 22.5 Å². The Morgan fingerprint density at radius 3 is 2.88 bits per heavy atom. The van der Waals surface area contributed by atoms with E-state index in [4.69, 9.17) is 10.3 Å². The number of hydrogen-bond donors (Lipinski definition) is 1. The van der Waals surface area contributed by atoms with Crippen molar-refractivity contribution in [3.05, 3.63) is 34.6 Å². The number of hydrogen-bond acceptors (Lipinski definition) is 4. The van der Waals surface area contributed by atoms with Crippen LogP contribution >= 0.6 is 15.9 Å². The highest BCUT2D eigenvalue weighted by molar-refractivity contribution is 9.10. The van der Waals surface area contributed by atoms with Gasteiger partial charge in [-0.2, -0.15) is 4.98 Å². The van der Waals surface area contributed by atoms with Crippen LogP contribution in [-0.4, -0.2) is 16.2 Å². The average Bonchev–Trinajstić information content (AvgIpc) is 2.66. The molecule has 16 heavy (non-hydrogen) atoms. The monoisotopic (exact) mass is 281 g/mol. The first-order valence-corrected chi connectivity index (χ1v) is 5.79. The minimum Gasteiger partial charge on any atom is -0.339 e. The molecule has 0 aliphatic carbocycles. The first-order chi connectivity index (χ1) is 7.66. The maximum absolute atomic E-state index is 5.67. The van der Waals surface area contributed by atoms with E-state index in [0.717, 1.165) is 10.0 Å². The van der Waals surface area contributed by atoms with Crippen LogP contribution in [0.3, 0.4) is 0 Å². The third kappa shape index (κ3) is 2.48. The van der Waals surface area contributed by atoms with Crippen LogP contribution in [0.2, 0.25) is 0 Å². The van der Waals surface area contributed by atoms with Crippen molar-refractivity contribution in [1.82, 2.24) is 10.1 Å². The smallest absolute Gasteiger partial charge is 0.228 e. The zero-order valence-electron chi connectivity index (χ0n) is 8.85. The Bertz CT molecular complexity index is 482. The molecule has 1 aromatic carbocycles. The molecular formula is C11H12BrN3O. The molecule has 1 atom stereocenters. The lowest BCUT2D eigenvalue weighted by atomic mass is 10.2. The molecule has 84 valence electrons. The van der Waals surface area contributed by atoms with Crippen molar-refractivity contribution >= 4 is 15.9 Å². The molecule has 1 heterocycles. The maximum Gasteiger partial charge on any atom is 0.228 e. The molecule has 0 amide bonds. The van der Waals surface area contributed by atoms with Crippen molar-refractivity contribution in [1.29, 1.82) is 0 Å². The number of nitrogens with two attached hydrogens (primary N) is 1. The van der Waals surface area contributed by atoms with Gasteiger partial charge in [-0.1, -0.05) is 33.2 Å². The number of benzene rings is 1. The predicted octanol–water partition coefficient (Wildman–Crippen LogP) is 2.39. The van der Waals surface area contributed by atoms with Gasteiger partial charge in [-0.3, -0.25) is 0 Å². The van der Waals surface area contributed by atoms with Crippen molar-refractivity contribution in [2.24, 2.45) is 5.73 Å². The highest BCUT2D eigenvalue weighted by Crippen LogP contribution is 2.25. The molecule has 2 N–H and O–H groups in total. The topological polar surface area (TPSA) is 64.9 Å². The summed E-state index contributed by atoms with van der Waals surface area (Å²) in [7, 11) is 0. The zero-order valence-corrected chi connectivity index (χ0v) is 10.4. The third-order valence-electron chi connectivity index (χ3n) is 2.08. The van der Waals surface area contributed by atoms with Gasteiger partial charge in [-0.15, -0.1) is 0 Å². The predicted molar refractivity (Wildman–Crippen MR) is 64.8 cm³/mol. The Morgan fingerprint density at radius 1 is 1.44 bits per heavy atom. The Labute approximate surface area is 102 Å². The second-order valence-corrected chi connectivity index (χ2v) is 4.53. The van der Waals surface area contributed by atoms with E-state index in [2.05, 4.69) is 26.1 Å². The van der Waals surface area contributed by atoms with Gasteiger partial charge in [0.1, 0.15) is 0 Å². The lowest BCUT2D eigenvalue weighted by molar-refractivity contribution is 0.372. The first-order valence-electron chi connectivity index (χ1n) is 5.00. The summed E-state index contributed by atoms with van der Waals surface area (Å²) in [5, 5.41) is 3.93. The molecule has 2 aromatic rings. The summed E-state index contributed by atoms with van der Waals surface area (Å²) in [4.78, 5) is 4.29. The number of nitrogens with zero attached hydrogens (tertiary/aromatic N) is 2. The quantitative estimate of drug-likeness (QED) is 0.938. The van der Waals surface area contributed by atoms with Gasteiger partial charge in [0.25, 0.3) is 0 Å². The minimum atomic E-state index is 0.0208. The van der Waals surface area contributed by atoms with E-state index in [0.29, 0.717) is 18.1 Å². The summed E-state index contributed by atoms with van der Waals surface area (Å²) in [6.45, 7) is 1.91. The van der Waals surface area contributed by atoms with Gasteiger partial charge in [-0.05, 0) is 19.1 Å². The molecule has 4 nitrogen and oxygen atoms in total. The molecule has 0 saturated heterocycles. The summed E-state index contributed by atoms with van der Waals surface area (Å²) in [6, 6.07) is 7.77. The van der Waals surface area contributed by atoms with E-state index < -0.39 is 0 Å². The zero-order chi connectivity index (χ0) is 11.5. The normalized spacial score (nSPS) is 12.7. The highest BCUT2D eigenvalue weighted by atomic mass is 79.9. The Morgan fingerprint density at radius 2 is 2.19 bits per heavy atom. The third-order valence-corrected chi connectivity index (χ3v) is 2.77. The number of halogens is 1. The van der Waals surface area contributed by atoms with Crippen molar-refractivity contribution in [3.63, 3.8) is 0 Å². The molecule has 1 unspecified atom stereocenters. The van der Waals surface area contributed by atoms with E-state index >= 15 is 0 Å². The molecule has 5 heteroatoms. The van der Waals surface area contributed by atoms with E-state index in [9.17, 15) is 0 Å². The largest absolute Gasteiger partial charge is 0.339 e.